The van der Waals surface area contributed by atoms with Crippen molar-refractivity contribution >= 4 is 12.1 Å². The van der Waals surface area contributed by atoms with Crippen molar-refractivity contribution in [1.29, 1.82) is 0 Å². The van der Waals surface area contributed by atoms with Gasteiger partial charge in [0.1, 0.15) is 0 Å². The maximum Gasteiger partial charge on any atom is 0.410 e. The van der Waals surface area contributed by atoms with Gasteiger partial charge < -0.3 is 19.7 Å². The van der Waals surface area contributed by atoms with E-state index in [0.717, 1.165) is 6.42 Å². The van der Waals surface area contributed by atoms with Gasteiger partial charge in [0, 0.05) is 31.6 Å². The van der Waals surface area contributed by atoms with Crippen LogP contribution in [0.3, 0.4) is 0 Å². The zero-order chi connectivity index (χ0) is 16.9. The van der Waals surface area contributed by atoms with Crippen LogP contribution in [0, 0.1) is 0 Å². The Morgan fingerprint density at radius 2 is 2.04 bits per heavy atom. The lowest BCUT2D eigenvalue weighted by Gasteiger charge is -2.15. The molecule has 0 aromatic heterocycles. The summed E-state index contributed by atoms with van der Waals surface area (Å²) < 4.78 is 9.88. The van der Waals surface area contributed by atoms with Crippen LogP contribution in [-0.2, 0) is 14.3 Å². The van der Waals surface area contributed by atoms with Crippen molar-refractivity contribution in [3.8, 4) is 0 Å². The summed E-state index contributed by atoms with van der Waals surface area (Å²) in [5, 5.41) is 2.78. The summed E-state index contributed by atoms with van der Waals surface area (Å²) >= 11 is 0. The van der Waals surface area contributed by atoms with Gasteiger partial charge >= 0.3 is 12.1 Å². The van der Waals surface area contributed by atoms with Crippen LogP contribution in [0.4, 0.5) is 4.79 Å². The zero-order valence-electron chi connectivity index (χ0n) is 13.5. The Morgan fingerprint density at radius 1 is 1.25 bits per heavy atom. The van der Waals surface area contributed by atoms with Gasteiger partial charge in [-0.3, -0.25) is 0 Å². The van der Waals surface area contributed by atoms with Gasteiger partial charge in [0.15, 0.2) is 0 Å². The highest BCUT2D eigenvalue weighted by Gasteiger charge is 2.39. The number of ether oxygens (including phenoxy) is 2. The lowest BCUT2D eigenvalue weighted by Crippen LogP contribution is -2.28. The van der Waals surface area contributed by atoms with Crippen molar-refractivity contribution in [1.82, 2.24) is 10.2 Å². The Kier molecular flexibility index (Phi) is 4.84. The molecule has 0 saturated heterocycles. The summed E-state index contributed by atoms with van der Waals surface area (Å²) in [4.78, 5) is 25.3. The molecule has 1 aromatic carbocycles. The molecule has 6 heteroatoms. The van der Waals surface area contributed by atoms with Gasteiger partial charge in [-0.05, 0) is 18.2 Å². The number of nitrogens with one attached hydrogen (secondary N) is 1. The highest BCUT2D eigenvalue weighted by atomic mass is 16.7. The minimum atomic E-state index is -0.569. The number of benzene rings is 1. The first-order valence-corrected chi connectivity index (χ1v) is 7.88. The predicted molar refractivity (Wildman–Crippen MR) is 87.8 cm³/mol. The second-order valence-electron chi connectivity index (χ2n) is 5.89. The van der Waals surface area contributed by atoms with Crippen molar-refractivity contribution in [2.24, 2.45) is 0 Å². The predicted octanol–water partition coefficient (Wildman–Crippen LogP) is 2.50. The summed E-state index contributed by atoms with van der Waals surface area (Å²) in [5.74, 6) is -0.149. The van der Waals surface area contributed by atoms with Crippen LogP contribution in [0.15, 0.2) is 54.4 Å². The second-order valence-corrected chi connectivity index (χ2v) is 5.89. The van der Waals surface area contributed by atoms with E-state index in [1.54, 1.807) is 11.1 Å². The maximum absolute atomic E-state index is 11.8. The van der Waals surface area contributed by atoms with Gasteiger partial charge in [0.25, 0.3) is 0 Å². The molecule has 1 amide bonds. The molecule has 0 unspecified atom stereocenters. The zero-order valence-corrected chi connectivity index (χ0v) is 13.5. The molecule has 24 heavy (non-hydrogen) atoms. The topological polar surface area (TPSA) is 67.9 Å². The van der Waals surface area contributed by atoms with Gasteiger partial charge in [0.2, 0.25) is 6.79 Å². The van der Waals surface area contributed by atoms with Crippen molar-refractivity contribution in [3.63, 3.8) is 0 Å². The second kappa shape index (κ2) is 7.21. The molecule has 1 aromatic rings. The maximum atomic E-state index is 11.8. The molecule has 2 aliphatic rings. The molecule has 0 bridgehead atoms. The van der Waals surface area contributed by atoms with E-state index in [1.807, 2.05) is 49.7 Å². The molecule has 2 atom stereocenters. The molecule has 0 spiro atoms. The van der Waals surface area contributed by atoms with Crippen LogP contribution in [0.1, 0.15) is 24.3 Å². The number of allylic oxidation sites excluding steroid dienone is 1. The van der Waals surface area contributed by atoms with E-state index in [1.165, 1.54) is 5.56 Å². The number of nitrogens with zero attached hydrogens (tertiary/aromatic N) is 1. The van der Waals surface area contributed by atoms with E-state index in [2.05, 4.69) is 5.32 Å². The van der Waals surface area contributed by atoms with E-state index in [0.29, 0.717) is 17.9 Å². The molecular weight excluding hydrogens is 308 g/mol. The average Bonchev–Trinajstić information content (AvgIpc) is 3.34. The lowest BCUT2D eigenvalue weighted by atomic mass is 10.1. The van der Waals surface area contributed by atoms with E-state index >= 15 is 0 Å². The lowest BCUT2D eigenvalue weighted by molar-refractivity contribution is -0.147. The summed E-state index contributed by atoms with van der Waals surface area (Å²) in [5.41, 5.74) is 1.73. The molecule has 1 fully saturated rings. The Bertz CT molecular complexity index is 669. The normalized spacial score (nSPS) is 21.7. The van der Waals surface area contributed by atoms with Crippen LogP contribution >= 0.6 is 0 Å². The third kappa shape index (κ3) is 4.16. The van der Waals surface area contributed by atoms with Gasteiger partial charge in [-0.15, -0.1) is 0 Å². The Labute approximate surface area is 140 Å². The minimum Gasteiger partial charge on any atom is -0.424 e. The minimum absolute atomic E-state index is 0.0791. The van der Waals surface area contributed by atoms with Gasteiger partial charge in [0.05, 0.1) is 5.57 Å². The monoisotopic (exact) mass is 328 g/mol. The van der Waals surface area contributed by atoms with Crippen LogP contribution in [0.5, 0.6) is 0 Å². The number of rotatable bonds is 5. The largest absolute Gasteiger partial charge is 0.424 e. The molecule has 126 valence electrons. The fourth-order valence-corrected chi connectivity index (χ4v) is 2.67. The Morgan fingerprint density at radius 3 is 2.79 bits per heavy atom. The first-order valence-electron chi connectivity index (χ1n) is 7.88. The van der Waals surface area contributed by atoms with Crippen LogP contribution in [0.2, 0.25) is 0 Å². The number of carbonyl (C=O) groups excluding carboxylic acids is 2. The summed E-state index contributed by atoms with van der Waals surface area (Å²) in [6, 6.07) is 10.1. The smallest absolute Gasteiger partial charge is 0.410 e. The van der Waals surface area contributed by atoms with Crippen LogP contribution < -0.4 is 5.32 Å². The molecular formula is C18H20N2O4. The van der Waals surface area contributed by atoms with Crippen molar-refractivity contribution in [2.45, 2.75) is 24.8 Å². The fraction of sp³-hybridized carbons (Fsp3) is 0.333. The number of amides is 1. The highest BCUT2D eigenvalue weighted by Crippen LogP contribution is 2.40. The Balaban J connectivity index is 1.36. The number of alkyl carbamates (subject to hydrolysis) is 1. The summed E-state index contributed by atoms with van der Waals surface area (Å²) in [6.07, 6.45) is 6.25. The van der Waals surface area contributed by atoms with E-state index in [9.17, 15) is 9.59 Å². The van der Waals surface area contributed by atoms with Crippen molar-refractivity contribution in [3.05, 3.63) is 59.9 Å². The summed E-state index contributed by atoms with van der Waals surface area (Å²) in [7, 11) is 1.83. The van der Waals surface area contributed by atoms with Gasteiger partial charge in [-0.25, -0.2) is 9.59 Å². The van der Waals surface area contributed by atoms with Crippen molar-refractivity contribution in [2.75, 3.05) is 13.8 Å². The molecule has 6 nitrogen and oxygen atoms in total. The highest BCUT2D eigenvalue weighted by molar-refractivity contribution is 5.88. The van der Waals surface area contributed by atoms with Crippen LogP contribution in [0.25, 0.3) is 0 Å². The molecule has 1 heterocycles. The van der Waals surface area contributed by atoms with Gasteiger partial charge in [-0.1, -0.05) is 36.4 Å². The first-order chi connectivity index (χ1) is 11.6. The number of hydrogen-bond acceptors (Lipinski definition) is 5. The van der Waals surface area contributed by atoms with Crippen LogP contribution in [-0.4, -0.2) is 36.8 Å². The Hall–Kier alpha value is -2.76. The molecule has 0 radical (unpaired) electrons. The fourth-order valence-electron chi connectivity index (χ4n) is 2.67. The summed E-state index contributed by atoms with van der Waals surface area (Å²) in [6.45, 7) is -0.391. The quantitative estimate of drug-likeness (QED) is 0.664. The number of carbonyl (C=O) groups is 2. The van der Waals surface area contributed by atoms with Crippen molar-refractivity contribution < 1.29 is 19.1 Å². The molecule has 1 N–H and O–H groups in total. The third-order valence-corrected chi connectivity index (χ3v) is 4.00. The molecule has 1 saturated carbocycles. The number of hydrogen-bond donors (Lipinski definition) is 1. The average molecular weight is 328 g/mol. The standard InChI is InChI=1S/C18H20N2O4/c1-20-9-5-8-14(11-20)17(21)23-12-24-18(22)19-16-10-15(16)13-6-3-2-4-7-13/h2-7,9,11,15-16H,8,10,12H2,1H3,(H,19,22)/t15-,16+/m1/s1. The number of esters is 1. The van der Waals surface area contributed by atoms with E-state index in [-0.39, 0.29) is 6.04 Å². The van der Waals surface area contributed by atoms with E-state index in [4.69, 9.17) is 9.47 Å². The van der Waals surface area contributed by atoms with E-state index < -0.39 is 18.9 Å². The third-order valence-electron chi connectivity index (χ3n) is 4.00. The SMILES string of the molecule is CN1C=CCC(C(=O)OCOC(=O)N[C@H]2C[C@@H]2c2ccccc2)=C1. The first kappa shape index (κ1) is 16.1. The molecule has 3 rings (SSSR count). The molecule has 1 aliphatic carbocycles. The molecule has 1 aliphatic heterocycles. The van der Waals surface area contributed by atoms with Gasteiger partial charge in [-0.2, -0.15) is 0 Å².